The number of carboxylic acids is 1. The van der Waals surface area contributed by atoms with Crippen LogP contribution >= 0.6 is 0 Å². The molecule has 76 valence electrons. The summed E-state index contributed by atoms with van der Waals surface area (Å²) < 4.78 is 4.90. The van der Waals surface area contributed by atoms with Gasteiger partial charge >= 0.3 is 5.97 Å². The van der Waals surface area contributed by atoms with Crippen molar-refractivity contribution < 1.29 is 14.4 Å². The first-order valence-electron chi connectivity index (χ1n) is 4.45. The molecule has 1 aromatic rings. The summed E-state index contributed by atoms with van der Waals surface area (Å²) in [4.78, 5) is 16.4. The number of carbonyl (C=O) groups is 1. The maximum absolute atomic E-state index is 10.5. The third kappa shape index (κ3) is 1.48. The van der Waals surface area contributed by atoms with Crippen LogP contribution in [-0.2, 0) is 0 Å². The number of hydrogen-bond donors (Lipinski definition) is 1. The number of likely N-dealkylation sites (tertiary alicyclic amines) is 1. The third-order valence-corrected chi connectivity index (χ3v) is 2.44. The van der Waals surface area contributed by atoms with E-state index in [9.17, 15) is 4.79 Å². The average Bonchev–Trinajstić information content (AvgIpc) is 2.71. The summed E-state index contributed by atoms with van der Waals surface area (Å²) in [7, 11) is 1.96. The molecule has 1 saturated heterocycles. The van der Waals surface area contributed by atoms with Crippen molar-refractivity contribution in [1.82, 2.24) is 15.0 Å². The highest BCUT2D eigenvalue weighted by molar-refractivity contribution is 5.82. The van der Waals surface area contributed by atoms with E-state index >= 15 is 0 Å². The second-order valence-electron chi connectivity index (χ2n) is 3.40. The molecule has 6 heteroatoms. The first-order chi connectivity index (χ1) is 6.68. The monoisotopic (exact) mass is 197 g/mol. The molecule has 0 radical (unpaired) electrons. The zero-order chi connectivity index (χ0) is 10.1. The molecule has 0 amide bonds. The minimum atomic E-state index is -1.15. The molecule has 0 aromatic carbocycles. The van der Waals surface area contributed by atoms with Crippen molar-refractivity contribution in [3.8, 4) is 0 Å². The lowest BCUT2D eigenvalue weighted by atomic mass is 10.2. The molecule has 1 fully saturated rings. The molecule has 1 unspecified atom stereocenters. The standard InChI is InChI=1S/C8H11N3O3/c1-11-4-2-3-5(11)7-9-6(8(12)13)10-14-7/h5H,2-4H2,1H3,(H,12,13). The number of aromatic nitrogens is 2. The Labute approximate surface area is 80.5 Å². The van der Waals surface area contributed by atoms with Gasteiger partial charge in [-0.3, -0.25) is 4.90 Å². The molecule has 0 saturated carbocycles. The van der Waals surface area contributed by atoms with Gasteiger partial charge in [0.2, 0.25) is 5.89 Å². The smallest absolute Gasteiger partial charge is 0.377 e. The van der Waals surface area contributed by atoms with Crippen molar-refractivity contribution in [2.24, 2.45) is 0 Å². The van der Waals surface area contributed by atoms with Gasteiger partial charge in [0, 0.05) is 0 Å². The Hall–Kier alpha value is -1.43. The molecule has 6 nitrogen and oxygen atoms in total. The molecular formula is C8H11N3O3. The van der Waals surface area contributed by atoms with Crippen LogP contribution in [0.1, 0.15) is 35.4 Å². The van der Waals surface area contributed by atoms with Crippen molar-refractivity contribution in [3.05, 3.63) is 11.7 Å². The first-order valence-corrected chi connectivity index (χ1v) is 4.45. The topological polar surface area (TPSA) is 79.5 Å². The summed E-state index contributed by atoms with van der Waals surface area (Å²) in [5, 5.41) is 12.0. The molecule has 1 aliphatic rings. The lowest BCUT2D eigenvalue weighted by Crippen LogP contribution is -2.17. The number of hydrogen-bond acceptors (Lipinski definition) is 5. The molecule has 1 aromatic heterocycles. The van der Waals surface area contributed by atoms with E-state index in [1.165, 1.54) is 0 Å². The zero-order valence-electron chi connectivity index (χ0n) is 7.80. The minimum Gasteiger partial charge on any atom is -0.475 e. The highest BCUT2D eigenvalue weighted by atomic mass is 16.5. The van der Waals surface area contributed by atoms with Crippen LogP contribution in [0.25, 0.3) is 0 Å². The molecule has 1 atom stereocenters. The van der Waals surface area contributed by atoms with Crippen LogP contribution in [0.2, 0.25) is 0 Å². The van der Waals surface area contributed by atoms with Crippen LogP contribution in [0, 0.1) is 0 Å². The van der Waals surface area contributed by atoms with Crippen LogP contribution in [0.15, 0.2) is 4.52 Å². The highest BCUT2D eigenvalue weighted by Crippen LogP contribution is 2.28. The molecule has 1 N–H and O–H groups in total. The quantitative estimate of drug-likeness (QED) is 0.745. The number of carboxylic acid groups (broad SMARTS) is 1. The number of aromatic carboxylic acids is 1. The predicted octanol–water partition coefficient (Wildman–Crippen LogP) is 0.534. The van der Waals surface area contributed by atoms with Crippen LogP contribution in [0.3, 0.4) is 0 Å². The van der Waals surface area contributed by atoms with E-state index in [1.54, 1.807) is 0 Å². The Bertz CT molecular complexity index is 349. The Balaban J connectivity index is 2.20. The number of nitrogens with zero attached hydrogens (tertiary/aromatic N) is 3. The van der Waals surface area contributed by atoms with Gasteiger partial charge in [-0.05, 0) is 31.6 Å². The molecule has 14 heavy (non-hydrogen) atoms. The van der Waals surface area contributed by atoms with Gasteiger partial charge in [-0.15, -0.1) is 0 Å². The van der Waals surface area contributed by atoms with Gasteiger partial charge in [0.15, 0.2) is 0 Å². The summed E-state index contributed by atoms with van der Waals surface area (Å²) in [6.07, 6.45) is 2.02. The van der Waals surface area contributed by atoms with Gasteiger partial charge in [0.1, 0.15) is 0 Å². The van der Waals surface area contributed by atoms with E-state index < -0.39 is 5.97 Å². The van der Waals surface area contributed by atoms with E-state index in [0.29, 0.717) is 5.89 Å². The largest absolute Gasteiger partial charge is 0.475 e. The van der Waals surface area contributed by atoms with Crippen molar-refractivity contribution >= 4 is 5.97 Å². The van der Waals surface area contributed by atoms with Gasteiger partial charge in [0.05, 0.1) is 6.04 Å². The molecule has 2 heterocycles. The summed E-state index contributed by atoms with van der Waals surface area (Å²) >= 11 is 0. The predicted molar refractivity (Wildman–Crippen MR) is 45.9 cm³/mol. The van der Waals surface area contributed by atoms with Gasteiger partial charge in [-0.25, -0.2) is 4.79 Å². The number of rotatable bonds is 2. The molecule has 0 spiro atoms. The normalized spacial score (nSPS) is 22.8. The third-order valence-electron chi connectivity index (χ3n) is 2.44. The molecule has 1 aliphatic heterocycles. The highest BCUT2D eigenvalue weighted by Gasteiger charge is 2.28. The fraction of sp³-hybridized carbons (Fsp3) is 0.625. The Morgan fingerprint density at radius 3 is 3.00 bits per heavy atom. The SMILES string of the molecule is CN1CCCC1c1nc(C(=O)O)no1. The van der Waals surface area contributed by atoms with Gasteiger partial charge < -0.3 is 9.63 Å². The van der Waals surface area contributed by atoms with Crippen LogP contribution in [-0.4, -0.2) is 39.7 Å². The molecular weight excluding hydrogens is 186 g/mol. The second kappa shape index (κ2) is 3.38. The summed E-state index contributed by atoms with van der Waals surface area (Å²) in [5.74, 6) is -1.01. The Morgan fingerprint density at radius 2 is 2.50 bits per heavy atom. The van der Waals surface area contributed by atoms with E-state index in [0.717, 1.165) is 19.4 Å². The average molecular weight is 197 g/mol. The lowest BCUT2D eigenvalue weighted by Gasteiger charge is -2.13. The maximum Gasteiger partial charge on any atom is 0.377 e. The van der Waals surface area contributed by atoms with E-state index in [4.69, 9.17) is 9.63 Å². The van der Waals surface area contributed by atoms with Crippen molar-refractivity contribution in [1.29, 1.82) is 0 Å². The molecule has 2 rings (SSSR count). The first kappa shape index (κ1) is 9.14. The fourth-order valence-corrected chi connectivity index (χ4v) is 1.68. The summed E-state index contributed by atoms with van der Waals surface area (Å²) in [6, 6.07) is 0.0793. The Morgan fingerprint density at radius 1 is 1.71 bits per heavy atom. The van der Waals surface area contributed by atoms with E-state index in [2.05, 4.69) is 15.0 Å². The van der Waals surface area contributed by atoms with E-state index in [1.807, 2.05) is 7.05 Å². The van der Waals surface area contributed by atoms with E-state index in [-0.39, 0.29) is 11.9 Å². The molecule has 0 bridgehead atoms. The fourth-order valence-electron chi connectivity index (χ4n) is 1.68. The molecule has 0 aliphatic carbocycles. The lowest BCUT2D eigenvalue weighted by molar-refractivity contribution is 0.0680. The van der Waals surface area contributed by atoms with Gasteiger partial charge in [0.25, 0.3) is 5.82 Å². The summed E-state index contributed by atoms with van der Waals surface area (Å²) in [5.41, 5.74) is 0. The minimum absolute atomic E-state index is 0.0793. The van der Waals surface area contributed by atoms with Gasteiger partial charge in [-0.2, -0.15) is 4.98 Å². The maximum atomic E-state index is 10.5. The van der Waals surface area contributed by atoms with Crippen LogP contribution in [0.4, 0.5) is 0 Å². The summed E-state index contributed by atoms with van der Waals surface area (Å²) in [6.45, 7) is 0.982. The van der Waals surface area contributed by atoms with Crippen molar-refractivity contribution in [2.45, 2.75) is 18.9 Å². The van der Waals surface area contributed by atoms with Crippen LogP contribution in [0.5, 0.6) is 0 Å². The van der Waals surface area contributed by atoms with Crippen molar-refractivity contribution in [2.75, 3.05) is 13.6 Å². The second-order valence-corrected chi connectivity index (χ2v) is 3.40. The zero-order valence-corrected chi connectivity index (χ0v) is 7.80. The van der Waals surface area contributed by atoms with Crippen molar-refractivity contribution in [3.63, 3.8) is 0 Å². The Kier molecular flexibility index (Phi) is 2.20. The van der Waals surface area contributed by atoms with Gasteiger partial charge in [-0.1, -0.05) is 0 Å². The van der Waals surface area contributed by atoms with Crippen LogP contribution < -0.4 is 0 Å².